The first-order valence-corrected chi connectivity index (χ1v) is 7.58. The molecule has 0 fully saturated rings. The zero-order valence-electron chi connectivity index (χ0n) is 12.2. The van der Waals surface area contributed by atoms with Gasteiger partial charge in [-0.15, -0.1) is 0 Å². The third kappa shape index (κ3) is 3.49. The molecule has 1 aromatic carbocycles. The molecule has 0 atom stereocenters. The van der Waals surface area contributed by atoms with Crippen LogP contribution in [0.15, 0.2) is 53.4 Å². The second kappa shape index (κ2) is 6.62. The Hall–Kier alpha value is -3.01. The van der Waals surface area contributed by atoms with Gasteiger partial charge in [0.15, 0.2) is 5.69 Å². The molecule has 0 aliphatic heterocycles. The minimum atomic E-state index is -0.525. The second-order valence-electron chi connectivity index (χ2n) is 4.81. The molecule has 1 amide bonds. The molecule has 2 aromatic heterocycles. The Morgan fingerprint density at radius 3 is 2.79 bits per heavy atom. The van der Waals surface area contributed by atoms with Crippen molar-refractivity contribution in [1.82, 2.24) is 19.6 Å². The first kappa shape index (κ1) is 15.9. The van der Waals surface area contributed by atoms with Gasteiger partial charge in [-0.2, -0.15) is 10.2 Å². The van der Waals surface area contributed by atoms with Crippen LogP contribution in [0.3, 0.4) is 0 Å². The Labute approximate surface area is 144 Å². The number of hydrogen-bond donors (Lipinski definition) is 1. The van der Waals surface area contributed by atoms with Crippen molar-refractivity contribution in [2.24, 2.45) is 0 Å². The Bertz CT molecular complexity index is 903. The third-order valence-electron chi connectivity index (χ3n) is 3.12. The Morgan fingerprint density at radius 2 is 2.08 bits per heavy atom. The number of anilines is 1. The van der Waals surface area contributed by atoms with Crippen molar-refractivity contribution in [2.45, 2.75) is 6.67 Å². The lowest BCUT2D eigenvalue weighted by molar-refractivity contribution is -0.385. The fourth-order valence-corrected chi connectivity index (χ4v) is 2.37. The smallest absolute Gasteiger partial charge is 0.307 e. The van der Waals surface area contributed by atoms with E-state index in [-0.39, 0.29) is 24.0 Å². The van der Waals surface area contributed by atoms with Crippen molar-refractivity contribution in [2.75, 3.05) is 5.32 Å². The lowest BCUT2D eigenvalue weighted by Crippen LogP contribution is -2.15. The number of para-hydroxylation sites is 1. The molecule has 9 nitrogen and oxygen atoms in total. The molecule has 0 aliphatic carbocycles. The number of nitrogens with zero attached hydrogens (tertiary/aromatic N) is 5. The van der Waals surface area contributed by atoms with E-state index in [1.165, 1.54) is 15.6 Å². The Kier molecular flexibility index (Phi) is 4.38. The highest BCUT2D eigenvalue weighted by molar-refractivity contribution is 9.10. The van der Waals surface area contributed by atoms with Gasteiger partial charge < -0.3 is 5.32 Å². The highest BCUT2D eigenvalue weighted by Crippen LogP contribution is 2.21. The molecule has 0 bridgehead atoms. The van der Waals surface area contributed by atoms with Gasteiger partial charge in [0, 0.05) is 10.7 Å². The van der Waals surface area contributed by atoms with Crippen LogP contribution in [0.4, 0.5) is 11.4 Å². The molecule has 122 valence electrons. The molecule has 0 saturated carbocycles. The van der Waals surface area contributed by atoms with E-state index in [1.54, 1.807) is 18.3 Å². The standard InChI is InChI=1S/C14H11BrN6O3/c15-11-3-1-2-4-12(11)17-14(22)13-5-6-19(18-13)9-20-8-10(7-16-20)21(23)24/h1-8H,9H2,(H,17,22). The monoisotopic (exact) mass is 390 g/mol. The summed E-state index contributed by atoms with van der Waals surface area (Å²) in [6.45, 7) is 0.163. The predicted octanol–water partition coefficient (Wildman–Crippen LogP) is 2.51. The topological polar surface area (TPSA) is 108 Å². The van der Waals surface area contributed by atoms with Gasteiger partial charge in [0.25, 0.3) is 5.91 Å². The molecule has 0 aliphatic rings. The van der Waals surface area contributed by atoms with Crippen LogP contribution in [0, 0.1) is 10.1 Å². The van der Waals surface area contributed by atoms with Gasteiger partial charge in [-0.3, -0.25) is 19.6 Å². The van der Waals surface area contributed by atoms with E-state index in [0.29, 0.717) is 5.69 Å². The first-order valence-electron chi connectivity index (χ1n) is 6.79. The van der Waals surface area contributed by atoms with E-state index in [4.69, 9.17) is 0 Å². The minimum absolute atomic E-state index is 0.103. The van der Waals surface area contributed by atoms with Crippen molar-refractivity contribution in [3.05, 3.63) is 69.2 Å². The van der Waals surface area contributed by atoms with E-state index in [0.717, 1.165) is 10.7 Å². The number of benzene rings is 1. The lowest BCUT2D eigenvalue weighted by atomic mass is 10.3. The molecule has 3 rings (SSSR count). The number of rotatable bonds is 5. The fraction of sp³-hybridized carbons (Fsp3) is 0.0714. The van der Waals surface area contributed by atoms with Crippen LogP contribution in [-0.4, -0.2) is 30.4 Å². The average molecular weight is 391 g/mol. The maximum atomic E-state index is 12.2. The van der Waals surface area contributed by atoms with Gasteiger partial charge in [-0.1, -0.05) is 12.1 Å². The van der Waals surface area contributed by atoms with Gasteiger partial charge in [0.1, 0.15) is 19.1 Å². The third-order valence-corrected chi connectivity index (χ3v) is 3.81. The molecule has 0 unspecified atom stereocenters. The molecule has 1 N–H and O–H groups in total. The number of hydrogen-bond acceptors (Lipinski definition) is 5. The lowest BCUT2D eigenvalue weighted by Gasteiger charge is -2.05. The van der Waals surface area contributed by atoms with Crippen LogP contribution in [0.25, 0.3) is 0 Å². The number of nitro groups is 1. The Balaban J connectivity index is 1.69. The van der Waals surface area contributed by atoms with E-state index in [1.807, 2.05) is 18.2 Å². The number of carbonyl (C=O) groups excluding carboxylic acids is 1. The van der Waals surface area contributed by atoms with E-state index in [2.05, 4.69) is 31.4 Å². The van der Waals surface area contributed by atoms with Crippen molar-refractivity contribution < 1.29 is 9.72 Å². The summed E-state index contributed by atoms with van der Waals surface area (Å²) in [4.78, 5) is 22.3. The van der Waals surface area contributed by atoms with Crippen LogP contribution in [0.1, 0.15) is 10.5 Å². The summed E-state index contributed by atoms with van der Waals surface area (Å²) in [5, 5.41) is 21.4. The normalized spacial score (nSPS) is 10.5. The summed E-state index contributed by atoms with van der Waals surface area (Å²) in [5.41, 5.74) is 0.765. The van der Waals surface area contributed by atoms with Gasteiger partial charge >= 0.3 is 5.69 Å². The molecular formula is C14H11BrN6O3. The van der Waals surface area contributed by atoms with E-state index < -0.39 is 4.92 Å². The zero-order chi connectivity index (χ0) is 17.1. The number of halogens is 1. The van der Waals surface area contributed by atoms with Crippen LogP contribution >= 0.6 is 15.9 Å². The molecule has 0 saturated heterocycles. The highest BCUT2D eigenvalue weighted by atomic mass is 79.9. The quantitative estimate of drug-likeness (QED) is 0.531. The predicted molar refractivity (Wildman–Crippen MR) is 88.6 cm³/mol. The van der Waals surface area contributed by atoms with Gasteiger partial charge in [-0.25, -0.2) is 4.68 Å². The maximum absolute atomic E-state index is 12.2. The minimum Gasteiger partial charge on any atom is -0.320 e. The number of amides is 1. The van der Waals surface area contributed by atoms with Crippen LogP contribution in [-0.2, 0) is 6.67 Å². The van der Waals surface area contributed by atoms with Crippen LogP contribution in [0.5, 0.6) is 0 Å². The molecule has 10 heteroatoms. The summed E-state index contributed by atoms with van der Waals surface area (Å²) in [7, 11) is 0. The molecular weight excluding hydrogens is 380 g/mol. The molecule has 3 aromatic rings. The van der Waals surface area contributed by atoms with Gasteiger partial charge in [0.2, 0.25) is 0 Å². The molecule has 0 radical (unpaired) electrons. The summed E-state index contributed by atoms with van der Waals surface area (Å²) in [6.07, 6.45) is 4.05. The van der Waals surface area contributed by atoms with Gasteiger partial charge in [-0.05, 0) is 34.1 Å². The van der Waals surface area contributed by atoms with Crippen molar-refractivity contribution >= 4 is 33.2 Å². The van der Waals surface area contributed by atoms with Crippen molar-refractivity contribution in [3.8, 4) is 0 Å². The highest BCUT2D eigenvalue weighted by Gasteiger charge is 2.13. The number of carbonyl (C=O) groups is 1. The molecule has 0 spiro atoms. The second-order valence-corrected chi connectivity index (χ2v) is 5.67. The summed E-state index contributed by atoms with van der Waals surface area (Å²) >= 11 is 3.35. The van der Waals surface area contributed by atoms with Gasteiger partial charge in [0.05, 0.1) is 10.6 Å². The fourth-order valence-electron chi connectivity index (χ4n) is 1.98. The first-order chi connectivity index (χ1) is 11.5. The number of nitrogens with one attached hydrogen (secondary N) is 1. The molecule has 2 heterocycles. The largest absolute Gasteiger partial charge is 0.320 e. The number of aromatic nitrogens is 4. The average Bonchev–Trinajstić information content (AvgIpc) is 3.19. The van der Waals surface area contributed by atoms with Crippen molar-refractivity contribution in [3.63, 3.8) is 0 Å². The molecule has 24 heavy (non-hydrogen) atoms. The van der Waals surface area contributed by atoms with E-state index in [9.17, 15) is 14.9 Å². The van der Waals surface area contributed by atoms with Crippen LogP contribution < -0.4 is 5.32 Å². The van der Waals surface area contributed by atoms with Crippen LogP contribution in [0.2, 0.25) is 0 Å². The maximum Gasteiger partial charge on any atom is 0.307 e. The SMILES string of the molecule is O=C(Nc1ccccc1Br)c1ccn(Cn2cc([N+](=O)[O-])cn2)n1. The summed E-state index contributed by atoms with van der Waals surface area (Å²) in [6, 6.07) is 8.80. The zero-order valence-corrected chi connectivity index (χ0v) is 13.8. The Morgan fingerprint density at radius 1 is 1.29 bits per heavy atom. The summed E-state index contributed by atoms with van der Waals surface area (Å²) in [5.74, 6) is -0.355. The summed E-state index contributed by atoms with van der Waals surface area (Å²) < 4.78 is 3.59. The van der Waals surface area contributed by atoms with Crippen molar-refractivity contribution in [1.29, 1.82) is 0 Å². The van der Waals surface area contributed by atoms with E-state index >= 15 is 0 Å².